The molecule has 2 heterocycles. The number of carbonyl (C=O) groups excluding carboxylic acids is 2. The molecule has 0 aliphatic rings. The molecule has 0 atom stereocenters. The van der Waals surface area contributed by atoms with Crippen molar-refractivity contribution in [2.45, 2.75) is 33.1 Å². The van der Waals surface area contributed by atoms with Crippen molar-refractivity contribution >= 4 is 35.0 Å². The van der Waals surface area contributed by atoms with E-state index in [0.717, 1.165) is 30.6 Å². The summed E-state index contributed by atoms with van der Waals surface area (Å²) in [5.74, 6) is -0.503. The van der Waals surface area contributed by atoms with Gasteiger partial charge in [-0.25, -0.2) is 9.36 Å². The lowest BCUT2D eigenvalue weighted by molar-refractivity contribution is 0.0947. The number of aromatic nitrogens is 4. The number of hydrogen-bond acceptors (Lipinski definition) is 4. The lowest BCUT2D eigenvalue weighted by Gasteiger charge is -2.07. The van der Waals surface area contributed by atoms with Gasteiger partial charge in [0.25, 0.3) is 11.8 Å². The molecule has 0 aliphatic heterocycles. The van der Waals surface area contributed by atoms with Crippen LogP contribution in [0.25, 0.3) is 11.4 Å². The summed E-state index contributed by atoms with van der Waals surface area (Å²) in [5, 5.41) is 15.2. The number of unbranched alkanes of at least 4 members (excludes halogenated alkanes) is 2. The maximum atomic E-state index is 12.7. The predicted octanol–water partition coefficient (Wildman–Crippen LogP) is 5.31. The van der Waals surface area contributed by atoms with Crippen LogP contribution in [0, 0.1) is 13.8 Å². The summed E-state index contributed by atoms with van der Waals surface area (Å²) >= 11 is 12.9. The average molecular weight is 539 g/mol. The summed E-state index contributed by atoms with van der Waals surface area (Å²) in [6.45, 7) is 4.52. The van der Waals surface area contributed by atoms with Crippen molar-refractivity contribution < 1.29 is 9.59 Å². The fourth-order valence-electron chi connectivity index (χ4n) is 4.00. The van der Waals surface area contributed by atoms with E-state index in [1.165, 1.54) is 0 Å². The molecule has 0 radical (unpaired) electrons. The zero-order valence-corrected chi connectivity index (χ0v) is 22.2. The molecule has 0 fully saturated rings. The third-order valence-electron chi connectivity index (χ3n) is 5.89. The highest BCUT2D eigenvalue weighted by Gasteiger charge is 2.22. The lowest BCUT2D eigenvalue weighted by atomic mass is 10.2. The van der Waals surface area contributed by atoms with E-state index in [0.29, 0.717) is 35.6 Å². The second kappa shape index (κ2) is 12.1. The first-order valence-corrected chi connectivity index (χ1v) is 12.8. The molecular formula is C27H28Cl2N6O2. The van der Waals surface area contributed by atoms with Crippen LogP contribution in [-0.2, 0) is 0 Å². The first kappa shape index (κ1) is 26.4. The number of hydrogen-bond donors (Lipinski definition) is 2. The molecule has 2 amide bonds. The topological polar surface area (TPSA) is 93.8 Å². The zero-order chi connectivity index (χ0) is 26.4. The first-order chi connectivity index (χ1) is 17.9. The van der Waals surface area contributed by atoms with Gasteiger partial charge in [0.1, 0.15) is 10.3 Å². The van der Waals surface area contributed by atoms with Crippen molar-refractivity contribution in [1.29, 1.82) is 0 Å². The Labute approximate surface area is 225 Å². The van der Waals surface area contributed by atoms with Crippen LogP contribution < -0.4 is 10.6 Å². The standard InChI is InChI=1S/C27H28Cl2N6O2/c1-18-22(24(28)34(32-18)20-12-6-3-7-13-20)26(36)30-16-10-5-11-17-31-27(37)23-19(2)33-35(25(23)29)21-14-8-4-9-15-21/h3-4,6-9,12-15H,5,10-11,16-17H2,1-2H3,(H,30,36)(H,31,37). The Morgan fingerprint density at radius 1 is 0.676 bits per heavy atom. The van der Waals surface area contributed by atoms with Crippen LogP contribution in [0.5, 0.6) is 0 Å². The third kappa shape index (κ3) is 6.03. The van der Waals surface area contributed by atoms with Gasteiger partial charge < -0.3 is 10.6 Å². The monoisotopic (exact) mass is 538 g/mol. The van der Waals surface area contributed by atoms with E-state index in [9.17, 15) is 9.59 Å². The maximum Gasteiger partial charge on any atom is 0.256 e. The molecule has 2 aromatic carbocycles. The molecule has 0 aliphatic carbocycles. The average Bonchev–Trinajstić information content (AvgIpc) is 3.37. The molecule has 2 aromatic heterocycles. The Balaban J connectivity index is 1.21. The van der Waals surface area contributed by atoms with Gasteiger partial charge in [-0.3, -0.25) is 9.59 Å². The van der Waals surface area contributed by atoms with E-state index in [-0.39, 0.29) is 22.1 Å². The van der Waals surface area contributed by atoms with Crippen molar-refractivity contribution in [3.05, 3.63) is 93.5 Å². The quantitative estimate of drug-likeness (QED) is 0.267. The summed E-state index contributed by atoms with van der Waals surface area (Å²) in [6, 6.07) is 18.9. The summed E-state index contributed by atoms with van der Waals surface area (Å²) in [6.07, 6.45) is 2.35. The van der Waals surface area contributed by atoms with E-state index in [1.807, 2.05) is 60.7 Å². The number of carbonyl (C=O) groups is 2. The number of amides is 2. The van der Waals surface area contributed by atoms with Crippen LogP contribution in [0.2, 0.25) is 10.3 Å². The molecule has 8 nitrogen and oxygen atoms in total. The molecule has 4 rings (SSSR count). The van der Waals surface area contributed by atoms with Gasteiger partial charge in [0.05, 0.1) is 33.9 Å². The second-order valence-corrected chi connectivity index (χ2v) is 9.29. The fourth-order valence-corrected chi connectivity index (χ4v) is 4.72. The fraction of sp³-hybridized carbons (Fsp3) is 0.259. The summed E-state index contributed by atoms with van der Waals surface area (Å²) < 4.78 is 3.12. The van der Waals surface area contributed by atoms with Crippen LogP contribution in [0.1, 0.15) is 51.4 Å². The van der Waals surface area contributed by atoms with Crippen molar-refractivity contribution in [2.24, 2.45) is 0 Å². The molecule has 0 bridgehead atoms. The van der Waals surface area contributed by atoms with Crippen LogP contribution in [0.4, 0.5) is 0 Å². The van der Waals surface area contributed by atoms with Gasteiger partial charge in [0.2, 0.25) is 0 Å². The van der Waals surface area contributed by atoms with E-state index in [2.05, 4.69) is 20.8 Å². The molecule has 0 unspecified atom stereocenters. The molecule has 0 spiro atoms. The Hall–Kier alpha value is -3.62. The normalized spacial score (nSPS) is 10.9. The highest BCUT2D eigenvalue weighted by molar-refractivity contribution is 6.33. The number of nitrogens with zero attached hydrogens (tertiary/aromatic N) is 4. The Kier molecular flexibility index (Phi) is 8.63. The number of halogens is 2. The highest BCUT2D eigenvalue weighted by Crippen LogP contribution is 2.24. The minimum Gasteiger partial charge on any atom is -0.352 e. The van der Waals surface area contributed by atoms with Crippen molar-refractivity contribution in [2.75, 3.05) is 13.1 Å². The van der Waals surface area contributed by atoms with Crippen LogP contribution >= 0.6 is 23.2 Å². The van der Waals surface area contributed by atoms with E-state index >= 15 is 0 Å². The molecular weight excluding hydrogens is 511 g/mol. The van der Waals surface area contributed by atoms with Gasteiger partial charge in [0, 0.05) is 13.1 Å². The smallest absolute Gasteiger partial charge is 0.256 e. The minimum absolute atomic E-state index is 0.251. The zero-order valence-electron chi connectivity index (χ0n) is 20.7. The minimum atomic E-state index is -0.251. The van der Waals surface area contributed by atoms with Gasteiger partial charge in [-0.05, 0) is 57.4 Å². The number of benzene rings is 2. The van der Waals surface area contributed by atoms with E-state index in [1.54, 1.807) is 23.2 Å². The molecule has 0 saturated carbocycles. The molecule has 0 saturated heterocycles. The molecule has 192 valence electrons. The summed E-state index contributed by atoms with van der Waals surface area (Å²) in [5.41, 5.74) is 3.47. The third-order valence-corrected chi connectivity index (χ3v) is 6.59. The van der Waals surface area contributed by atoms with Crippen molar-refractivity contribution in [3.8, 4) is 11.4 Å². The van der Waals surface area contributed by atoms with Gasteiger partial charge in [-0.15, -0.1) is 0 Å². The van der Waals surface area contributed by atoms with Crippen molar-refractivity contribution in [1.82, 2.24) is 30.2 Å². The van der Waals surface area contributed by atoms with Gasteiger partial charge in [-0.2, -0.15) is 10.2 Å². The number of rotatable bonds is 10. The van der Waals surface area contributed by atoms with Crippen LogP contribution in [-0.4, -0.2) is 44.5 Å². The molecule has 10 heteroatoms. The molecule has 2 N–H and O–H groups in total. The van der Waals surface area contributed by atoms with Gasteiger partial charge in [0.15, 0.2) is 0 Å². The largest absolute Gasteiger partial charge is 0.352 e. The molecule has 4 aromatic rings. The van der Waals surface area contributed by atoms with Crippen LogP contribution in [0.3, 0.4) is 0 Å². The Bertz CT molecular complexity index is 1280. The summed E-state index contributed by atoms with van der Waals surface area (Å²) in [7, 11) is 0. The lowest BCUT2D eigenvalue weighted by Crippen LogP contribution is -2.26. The van der Waals surface area contributed by atoms with Crippen molar-refractivity contribution in [3.63, 3.8) is 0 Å². The first-order valence-electron chi connectivity index (χ1n) is 12.1. The van der Waals surface area contributed by atoms with Crippen LogP contribution in [0.15, 0.2) is 60.7 Å². The Morgan fingerprint density at radius 2 is 1.05 bits per heavy atom. The number of nitrogens with one attached hydrogen (secondary N) is 2. The highest BCUT2D eigenvalue weighted by atomic mass is 35.5. The predicted molar refractivity (Wildman–Crippen MR) is 145 cm³/mol. The molecule has 37 heavy (non-hydrogen) atoms. The summed E-state index contributed by atoms with van der Waals surface area (Å²) in [4.78, 5) is 25.4. The SMILES string of the molecule is Cc1nn(-c2ccccc2)c(Cl)c1C(=O)NCCCCCNC(=O)c1c(C)nn(-c2ccccc2)c1Cl. The Morgan fingerprint density at radius 3 is 1.43 bits per heavy atom. The maximum absolute atomic E-state index is 12.7. The van der Waals surface area contributed by atoms with E-state index < -0.39 is 0 Å². The van der Waals surface area contributed by atoms with Gasteiger partial charge >= 0.3 is 0 Å². The number of aryl methyl sites for hydroxylation is 2. The second-order valence-electron chi connectivity index (χ2n) is 8.57. The number of para-hydroxylation sites is 2. The van der Waals surface area contributed by atoms with Gasteiger partial charge in [-0.1, -0.05) is 59.6 Å². The van der Waals surface area contributed by atoms with E-state index in [4.69, 9.17) is 23.2 Å².